The Morgan fingerprint density at radius 1 is 1.14 bits per heavy atom. The molecule has 4 aromatic rings. The maximum Gasteiger partial charge on any atom is 0.226 e. The molecule has 8 nitrogen and oxygen atoms in total. The molecule has 0 saturated carbocycles. The van der Waals surface area contributed by atoms with Crippen LogP contribution in [0.25, 0.3) is 17.1 Å². The van der Waals surface area contributed by atoms with Gasteiger partial charge in [0, 0.05) is 23.4 Å². The number of para-hydroxylation sites is 2. The van der Waals surface area contributed by atoms with Gasteiger partial charge >= 0.3 is 0 Å². The first-order chi connectivity index (χ1) is 14.2. The number of halogens is 1. The number of aromatic nitrogens is 5. The van der Waals surface area contributed by atoms with Crippen molar-refractivity contribution in [2.75, 3.05) is 5.32 Å². The van der Waals surface area contributed by atoms with Crippen LogP contribution in [0.2, 0.25) is 5.02 Å². The second kappa shape index (κ2) is 8.66. The van der Waals surface area contributed by atoms with E-state index >= 15 is 0 Å². The Morgan fingerprint density at radius 2 is 1.97 bits per heavy atom. The van der Waals surface area contributed by atoms with E-state index in [1.165, 1.54) is 6.33 Å². The van der Waals surface area contributed by atoms with Crippen LogP contribution in [0, 0.1) is 0 Å². The molecule has 0 spiro atoms. The molecule has 0 bridgehead atoms. The number of rotatable bonds is 7. The predicted molar refractivity (Wildman–Crippen MR) is 108 cm³/mol. The van der Waals surface area contributed by atoms with Gasteiger partial charge in [-0.1, -0.05) is 28.9 Å². The summed E-state index contributed by atoms with van der Waals surface area (Å²) >= 11 is 5.89. The molecule has 0 saturated heterocycles. The van der Waals surface area contributed by atoms with Gasteiger partial charge in [-0.25, -0.2) is 9.67 Å². The monoisotopic (exact) mass is 408 g/mol. The summed E-state index contributed by atoms with van der Waals surface area (Å²) in [5.41, 5.74) is 2.25. The van der Waals surface area contributed by atoms with Crippen LogP contribution in [-0.2, 0) is 11.2 Å². The van der Waals surface area contributed by atoms with Gasteiger partial charge in [0.15, 0.2) is 0 Å². The first-order valence-corrected chi connectivity index (χ1v) is 9.39. The largest absolute Gasteiger partial charge is 0.339 e. The van der Waals surface area contributed by atoms with Crippen molar-refractivity contribution in [2.24, 2.45) is 0 Å². The van der Waals surface area contributed by atoms with Crippen molar-refractivity contribution in [3.8, 4) is 17.1 Å². The Hall–Kier alpha value is -3.52. The minimum Gasteiger partial charge on any atom is -0.339 e. The van der Waals surface area contributed by atoms with Crippen LogP contribution < -0.4 is 5.32 Å². The molecular weight excluding hydrogens is 392 g/mol. The first kappa shape index (κ1) is 18.8. The molecule has 9 heteroatoms. The molecule has 1 amide bonds. The Labute approximate surface area is 171 Å². The highest BCUT2D eigenvalue weighted by Gasteiger charge is 2.11. The Bertz CT molecular complexity index is 1090. The lowest BCUT2D eigenvalue weighted by Gasteiger charge is -2.10. The zero-order chi connectivity index (χ0) is 20.1. The average Bonchev–Trinajstić information content (AvgIpc) is 3.41. The lowest BCUT2D eigenvalue weighted by atomic mass is 10.2. The van der Waals surface area contributed by atoms with E-state index in [9.17, 15) is 4.79 Å². The fourth-order valence-electron chi connectivity index (χ4n) is 2.80. The first-order valence-electron chi connectivity index (χ1n) is 9.01. The Kier molecular flexibility index (Phi) is 5.62. The van der Waals surface area contributed by atoms with Gasteiger partial charge in [-0.05, 0) is 42.8 Å². The van der Waals surface area contributed by atoms with Crippen molar-refractivity contribution in [3.05, 3.63) is 72.1 Å². The third-order valence-corrected chi connectivity index (χ3v) is 4.46. The van der Waals surface area contributed by atoms with Crippen LogP contribution in [-0.4, -0.2) is 30.8 Å². The number of carbonyl (C=O) groups is 1. The summed E-state index contributed by atoms with van der Waals surface area (Å²) < 4.78 is 6.88. The molecular formula is C20H17ClN6O2. The van der Waals surface area contributed by atoms with Crippen molar-refractivity contribution in [3.63, 3.8) is 0 Å². The molecule has 0 atom stereocenters. The fourth-order valence-corrected chi connectivity index (χ4v) is 2.92. The van der Waals surface area contributed by atoms with Gasteiger partial charge in [-0.3, -0.25) is 4.79 Å². The number of hydrogen-bond acceptors (Lipinski definition) is 6. The SMILES string of the molecule is O=C(CCCc1nc(-c2ccc(Cl)cc2)no1)Nc1ccccc1-n1cncn1. The van der Waals surface area contributed by atoms with Gasteiger partial charge in [0.25, 0.3) is 0 Å². The standard InChI is InChI=1S/C20H17ClN6O2/c21-15-10-8-14(9-11-15)20-25-19(29-26-20)7-3-6-18(28)24-16-4-1-2-5-17(16)27-13-22-12-23-27/h1-2,4-5,8-13H,3,6-7H2,(H,24,28). The topological polar surface area (TPSA) is 98.7 Å². The minimum atomic E-state index is -0.102. The number of hydrogen-bond donors (Lipinski definition) is 1. The summed E-state index contributed by atoms with van der Waals surface area (Å²) in [6.45, 7) is 0. The van der Waals surface area contributed by atoms with Crippen LogP contribution >= 0.6 is 11.6 Å². The van der Waals surface area contributed by atoms with Gasteiger partial charge in [0.05, 0.1) is 11.4 Å². The zero-order valence-electron chi connectivity index (χ0n) is 15.3. The summed E-state index contributed by atoms with van der Waals surface area (Å²) in [5, 5.41) is 11.6. The number of nitrogens with zero attached hydrogens (tertiary/aromatic N) is 5. The summed E-state index contributed by atoms with van der Waals surface area (Å²) in [5.74, 6) is 0.892. The van der Waals surface area contributed by atoms with Gasteiger partial charge < -0.3 is 9.84 Å². The van der Waals surface area contributed by atoms with E-state index in [-0.39, 0.29) is 5.91 Å². The molecule has 29 heavy (non-hydrogen) atoms. The molecule has 2 heterocycles. The number of amides is 1. The summed E-state index contributed by atoms with van der Waals surface area (Å²) in [6, 6.07) is 14.6. The zero-order valence-corrected chi connectivity index (χ0v) is 16.1. The lowest BCUT2D eigenvalue weighted by Crippen LogP contribution is -2.13. The van der Waals surface area contributed by atoms with Crippen molar-refractivity contribution in [1.82, 2.24) is 24.9 Å². The van der Waals surface area contributed by atoms with Crippen molar-refractivity contribution in [1.29, 1.82) is 0 Å². The molecule has 0 aliphatic carbocycles. The Morgan fingerprint density at radius 3 is 2.76 bits per heavy atom. The molecule has 4 rings (SSSR count). The van der Waals surface area contributed by atoms with Crippen LogP contribution in [0.3, 0.4) is 0 Å². The number of carbonyl (C=O) groups excluding carboxylic acids is 1. The molecule has 2 aromatic heterocycles. The smallest absolute Gasteiger partial charge is 0.226 e. The fraction of sp³-hybridized carbons (Fsp3) is 0.150. The van der Waals surface area contributed by atoms with E-state index in [1.54, 1.807) is 23.1 Å². The summed E-state index contributed by atoms with van der Waals surface area (Å²) in [7, 11) is 0. The number of benzene rings is 2. The lowest BCUT2D eigenvalue weighted by molar-refractivity contribution is -0.116. The molecule has 0 unspecified atom stereocenters. The molecule has 1 N–H and O–H groups in total. The van der Waals surface area contributed by atoms with Crippen LogP contribution in [0.5, 0.6) is 0 Å². The normalized spacial score (nSPS) is 10.8. The summed E-state index contributed by atoms with van der Waals surface area (Å²) in [6.07, 6.45) is 4.45. The van der Waals surface area contributed by atoms with Crippen molar-refractivity contribution in [2.45, 2.75) is 19.3 Å². The maximum absolute atomic E-state index is 12.3. The van der Waals surface area contributed by atoms with E-state index in [0.717, 1.165) is 11.3 Å². The van der Waals surface area contributed by atoms with E-state index < -0.39 is 0 Å². The van der Waals surface area contributed by atoms with Crippen LogP contribution in [0.15, 0.2) is 65.7 Å². The van der Waals surface area contributed by atoms with Gasteiger partial charge in [-0.15, -0.1) is 0 Å². The van der Waals surface area contributed by atoms with Crippen LogP contribution in [0.1, 0.15) is 18.7 Å². The number of anilines is 1. The molecule has 0 radical (unpaired) electrons. The maximum atomic E-state index is 12.3. The highest BCUT2D eigenvalue weighted by atomic mass is 35.5. The third-order valence-electron chi connectivity index (χ3n) is 4.21. The van der Waals surface area contributed by atoms with E-state index in [4.69, 9.17) is 16.1 Å². The molecule has 0 fully saturated rings. The van der Waals surface area contributed by atoms with E-state index in [0.29, 0.717) is 41.7 Å². The van der Waals surface area contributed by atoms with Crippen molar-refractivity contribution < 1.29 is 9.32 Å². The Balaban J connectivity index is 1.32. The third kappa shape index (κ3) is 4.67. The molecule has 0 aliphatic rings. The van der Waals surface area contributed by atoms with E-state index in [2.05, 4.69) is 25.5 Å². The molecule has 2 aromatic carbocycles. The minimum absolute atomic E-state index is 0.102. The van der Waals surface area contributed by atoms with Crippen LogP contribution in [0.4, 0.5) is 5.69 Å². The second-order valence-electron chi connectivity index (χ2n) is 6.28. The van der Waals surface area contributed by atoms with Gasteiger partial charge in [0.2, 0.25) is 17.6 Å². The molecule has 0 aliphatic heterocycles. The van der Waals surface area contributed by atoms with Crippen molar-refractivity contribution >= 4 is 23.2 Å². The van der Waals surface area contributed by atoms with E-state index in [1.807, 2.05) is 36.4 Å². The predicted octanol–water partition coefficient (Wildman–Crippen LogP) is 3.93. The molecule has 146 valence electrons. The average molecular weight is 409 g/mol. The second-order valence-corrected chi connectivity index (χ2v) is 6.71. The van der Waals surface area contributed by atoms with Gasteiger partial charge in [0.1, 0.15) is 12.7 Å². The highest BCUT2D eigenvalue weighted by molar-refractivity contribution is 6.30. The quantitative estimate of drug-likeness (QED) is 0.497. The number of nitrogens with one attached hydrogen (secondary N) is 1. The number of aryl methyl sites for hydroxylation is 1. The summed E-state index contributed by atoms with van der Waals surface area (Å²) in [4.78, 5) is 20.7. The van der Waals surface area contributed by atoms with Gasteiger partial charge in [-0.2, -0.15) is 10.1 Å². The highest BCUT2D eigenvalue weighted by Crippen LogP contribution is 2.20.